The summed E-state index contributed by atoms with van der Waals surface area (Å²) in [6, 6.07) is 14.2. The number of hydrogen-bond acceptors (Lipinski definition) is 4. The van der Waals surface area contributed by atoms with Crippen LogP contribution in [0, 0.1) is 5.82 Å². The third-order valence-electron chi connectivity index (χ3n) is 3.86. The molecule has 26 heavy (non-hydrogen) atoms. The van der Waals surface area contributed by atoms with Crippen molar-refractivity contribution < 1.29 is 9.18 Å². The molecule has 0 unspecified atom stereocenters. The minimum atomic E-state index is -0.311. The zero-order valence-electron chi connectivity index (χ0n) is 14.4. The molecule has 0 saturated heterocycles. The highest BCUT2D eigenvalue weighted by Crippen LogP contribution is 2.22. The second-order valence-corrected chi connectivity index (χ2v) is 6.60. The van der Waals surface area contributed by atoms with Crippen molar-refractivity contribution >= 4 is 17.7 Å². The first-order valence-electron chi connectivity index (χ1n) is 8.29. The maximum Gasteiger partial charge on any atom is 0.230 e. The van der Waals surface area contributed by atoms with Gasteiger partial charge in [-0.1, -0.05) is 49.0 Å². The van der Waals surface area contributed by atoms with Gasteiger partial charge in [0.2, 0.25) is 5.91 Å². The third kappa shape index (κ3) is 4.49. The highest BCUT2D eigenvalue weighted by atomic mass is 32.2. The van der Waals surface area contributed by atoms with E-state index >= 15 is 0 Å². The number of aromatic nitrogens is 3. The summed E-state index contributed by atoms with van der Waals surface area (Å²) in [7, 11) is 0. The van der Waals surface area contributed by atoms with Crippen molar-refractivity contribution in [1.82, 2.24) is 20.1 Å². The highest BCUT2D eigenvalue weighted by Gasteiger charge is 2.12. The van der Waals surface area contributed by atoms with E-state index in [0.29, 0.717) is 11.7 Å². The minimum Gasteiger partial charge on any atom is -0.351 e. The summed E-state index contributed by atoms with van der Waals surface area (Å²) in [5.74, 6) is -0.242. The lowest BCUT2D eigenvalue weighted by molar-refractivity contribution is -0.118. The quantitative estimate of drug-likeness (QED) is 0.648. The normalized spacial score (nSPS) is 10.7. The Labute approximate surface area is 155 Å². The Bertz CT molecular complexity index is 897. The van der Waals surface area contributed by atoms with Crippen molar-refractivity contribution in [2.24, 2.45) is 0 Å². The Kier molecular flexibility index (Phi) is 6.01. The molecular formula is C19H19FN4OS. The molecule has 0 spiro atoms. The molecule has 0 radical (unpaired) electrons. The second kappa shape index (κ2) is 8.62. The number of hydrogen-bond donors (Lipinski definition) is 1. The number of para-hydroxylation sites is 1. The van der Waals surface area contributed by atoms with Crippen LogP contribution in [0.25, 0.3) is 5.69 Å². The number of nitrogens with zero attached hydrogens (tertiary/aromatic N) is 3. The number of carbonyl (C=O) groups is 1. The maximum absolute atomic E-state index is 13.2. The van der Waals surface area contributed by atoms with E-state index in [9.17, 15) is 9.18 Å². The molecule has 3 rings (SSSR count). The van der Waals surface area contributed by atoms with Crippen LogP contribution in [0.5, 0.6) is 0 Å². The smallest absolute Gasteiger partial charge is 0.230 e. The van der Waals surface area contributed by atoms with Gasteiger partial charge in [0.25, 0.3) is 0 Å². The molecule has 3 aromatic rings. The summed E-state index contributed by atoms with van der Waals surface area (Å²) in [5.41, 5.74) is 2.93. The van der Waals surface area contributed by atoms with Crippen LogP contribution in [0.3, 0.4) is 0 Å². The molecule has 5 nitrogen and oxygen atoms in total. The molecular weight excluding hydrogens is 351 g/mol. The van der Waals surface area contributed by atoms with Gasteiger partial charge in [-0.2, -0.15) is 0 Å². The van der Waals surface area contributed by atoms with Crippen LogP contribution in [0.2, 0.25) is 0 Å². The van der Waals surface area contributed by atoms with Gasteiger partial charge in [0.1, 0.15) is 12.1 Å². The fourth-order valence-electron chi connectivity index (χ4n) is 2.56. The van der Waals surface area contributed by atoms with E-state index in [1.54, 1.807) is 18.5 Å². The van der Waals surface area contributed by atoms with Crippen molar-refractivity contribution in [3.05, 3.63) is 71.8 Å². The summed E-state index contributed by atoms with van der Waals surface area (Å²) in [6.07, 6.45) is 2.55. The molecule has 0 aliphatic heterocycles. The molecule has 134 valence electrons. The van der Waals surface area contributed by atoms with Crippen LogP contribution in [0.4, 0.5) is 4.39 Å². The number of halogens is 1. The van der Waals surface area contributed by atoms with Gasteiger partial charge in [0.15, 0.2) is 5.16 Å². The molecule has 0 aliphatic rings. The van der Waals surface area contributed by atoms with Crippen LogP contribution >= 0.6 is 11.8 Å². The van der Waals surface area contributed by atoms with Crippen LogP contribution < -0.4 is 5.32 Å². The lowest BCUT2D eigenvalue weighted by Gasteiger charge is -2.10. The van der Waals surface area contributed by atoms with E-state index in [1.165, 1.54) is 29.5 Å². The largest absolute Gasteiger partial charge is 0.351 e. The van der Waals surface area contributed by atoms with Crippen molar-refractivity contribution in [3.8, 4) is 5.69 Å². The first-order chi connectivity index (χ1) is 12.7. The summed E-state index contributed by atoms with van der Waals surface area (Å²) < 4.78 is 15.1. The Morgan fingerprint density at radius 2 is 2.08 bits per heavy atom. The fourth-order valence-corrected chi connectivity index (χ4v) is 3.31. The van der Waals surface area contributed by atoms with Crippen LogP contribution in [0.15, 0.2) is 60.0 Å². The molecule has 7 heteroatoms. The summed E-state index contributed by atoms with van der Waals surface area (Å²) in [6.45, 7) is 2.39. The van der Waals surface area contributed by atoms with E-state index in [1.807, 2.05) is 22.8 Å². The Morgan fingerprint density at radius 1 is 1.23 bits per heavy atom. The molecule has 0 bridgehead atoms. The average Bonchev–Trinajstić information content (AvgIpc) is 3.13. The monoisotopic (exact) mass is 370 g/mol. The van der Waals surface area contributed by atoms with E-state index in [2.05, 4.69) is 28.5 Å². The molecule has 1 aromatic heterocycles. The first kappa shape index (κ1) is 18.1. The number of thioether (sulfide) groups is 1. The van der Waals surface area contributed by atoms with E-state index < -0.39 is 0 Å². The van der Waals surface area contributed by atoms with Gasteiger partial charge < -0.3 is 5.32 Å². The average molecular weight is 370 g/mol. The van der Waals surface area contributed by atoms with E-state index in [4.69, 9.17) is 0 Å². The fraction of sp³-hybridized carbons (Fsp3) is 0.211. The third-order valence-corrected chi connectivity index (χ3v) is 4.80. The lowest BCUT2D eigenvalue weighted by atomic mass is 10.1. The molecule has 1 heterocycles. The number of amides is 1. The van der Waals surface area contributed by atoms with Gasteiger partial charge in [-0.15, -0.1) is 10.2 Å². The summed E-state index contributed by atoms with van der Waals surface area (Å²) >= 11 is 1.32. The minimum absolute atomic E-state index is 0.141. The SMILES string of the molecule is CCc1ccccc1-n1cnnc1SCC(=O)NCc1cccc(F)c1. The molecule has 1 amide bonds. The molecule has 0 saturated carbocycles. The zero-order valence-corrected chi connectivity index (χ0v) is 15.2. The molecule has 2 aromatic carbocycles. The van der Waals surface area contributed by atoms with Crippen LogP contribution in [-0.4, -0.2) is 26.4 Å². The predicted molar refractivity (Wildman–Crippen MR) is 99.7 cm³/mol. The van der Waals surface area contributed by atoms with Gasteiger partial charge in [-0.05, 0) is 35.7 Å². The van der Waals surface area contributed by atoms with Gasteiger partial charge in [-0.25, -0.2) is 4.39 Å². The zero-order chi connectivity index (χ0) is 18.4. The van der Waals surface area contributed by atoms with Gasteiger partial charge in [-0.3, -0.25) is 9.36 Å². The number of aryl methyl sites for hydroxylation is 1. The molecule has 0 fully saturated rings. The van der Waals surface area contributed by atoms with Gasteiger partial charge >= 0.3 is 0 Å². The van der Waals surface area contributed by atoms with E-state index in [-0.39, 0.29) is 17.5 Å². The van der Waals surface area contributed by atoms with Crippen LogP contribution in [-0.2, 0) is 17.8 Å². The Balaban J connectivity index is 1.60. The highest BCUT2D eigenvalue weighted by molar-refractivity contribution is 7.99. The molecule has 0 atom stereocenters. The van der Waals surface area contributed by atoms with Gasteiger partial charge in [0.05, 0.1) is 11.4 Å². The van der Waals surface area contributed by atoms with Crippen molar-refractivity contribution in [2.45, 2.75) is 25.0 Å². The number of benzene rings is 2. The molecule has 0 aliphatic carbocycles. The second-order valence-electron chi connectivity index (χ2n) is 5.66. The van der Waals surface area contributed by atoms with Gasteiger partial charge in [0, 0.05) is 6.54 Å². The lowest BCUT2D eigenvalue weighted by Crippen LogP contribution is -2.24. The molecule has 1 N–H and O–H groups in total. The Hall–Kier alpha value is -2.67. The topological polar surface area (TPSA) is 59.8 Å². The van der Waals surface area contributed by atoms with Crippen molar-refractivity contribution in [2.75, 3.05) is 5.75 Å². The van der Waals surface area contributed by atoms with Crippen molar-refractivity contribution in [1.29, 1.82) is 0 Å². The predicted octanol–water partition coefficient (Wildman–Crippen LogP) is 3.38. The standard InChI is InChI=1S/C19H19FN4OS/c1-2-15-7-3-4-9-17(15)24-13-22-23-19(24)26-12-18(25)21-11-14-6-5-8-16(20)10-14/h3-10,13H,2,11-12H2,1H3,(H,21,25). The first-order valence-corrected chi connectivity index (χ1v) is 9.28. The number of rotatable bonds is 7. The van der Waals surface area contributed by atoms with Crippen LogP contribution in [0.1, 0.15) is 18.1 Å². The number of carbonyl (C=O) groups excluding carboxylic acids is 1. The van der Waals surface area contributed by atoms with E-state index in [0.717, 1.165) is 17.7 Å². The van der Waals surface area contributed by atoms with Crippen molar-refractivity contribution in [3.63, 3.8) is 0 Å². The summed E-state index contributed by atoms with van der Waals surface area (Å²) in [4.78, 5) is 12.1. The number of nitrogens with one attached hydrogen (secondary N) is 1. The Morgan fingerprint density at radius 3 is 2.88 bits per heavy atom. The summed E-state index contributed by atoms with van der Waals surface area (Å²) in [5, 5.41) is 11.5. The maximum atomic E-state index is 13.2.